The number of carbonyl (C=O) groups excluding carboxylic acids is 1. The van der Waals surface area contributed by atoms with E-state index in [1.165, 1.54) is 11.3 Å². The molecule has 0 bridgehead atoms. The van der Waals surface area contributed by atoms with Gasteiger partial charge in [-0.2, -0.15) is 11.3 Å². The third kappa shape index (κ3) is 2.77. The molecule has 1 fully saturated rings. The van der Waals surface area contributed by atoms with Crippen LogP contribution in [0.3, 0.4) is 0 Å². The Bertz CT molecular complexity index is 594. The molecule has 0 atom stereocenters. The van der Waals surface area contributed by atoms with Crippen molar-refractivity contribution in [3.8, 4) is 10.6 Å². The quantitative estimate of drug-likeness (QED) is 0.928. The molecule has 1 N–H and O–H groups in total. The first kappa shape index (κ1) is 13.7. The lowest BCUT2D eigenvalue weighted by atomic mass is 9.94. The van der Waals surface area contributed by atoms with Gasteiger partial charge in [0.15, 0.2) is 0 Å². The van der Waals surface area contributed by atoms with Crippen molar-refractivity contribution in [2.45, 2.75) is 25.4 Å². The third-order valence-corrected chi connectivity index (χ3v) is 5.19. The summed E-state index contributed by atoms with van der Waals surface area (Å²) in [6, 6.07) is 2.01. The number of aromatic nitrogens is 1. The molecule has 1 aliphatic heterocycles. The van der Waals surface area contributed by atoms with Crippen molar-refractivity contribution >= 4 is 28.6 Å². The van der Waals surface area contributed by atoms with E-state index in [-0.39, 0.29) is 5.91 Å². The SMILES string of the molecule is CC1(O)CCN(C(=O)c2csc(-c3ccsc3)n2)CC1. The number of amides is 1. The zero-order valence-corrected chi connectivity index (χ0v) is 12.8. The zero-order chi connectivity index (χ0) is 14.2. The van der Waals surface area contributed by atoms with E-state index in [4.69, 9.17) is 0 Å². The predicted octanol–water partition coefficient (Wildman–Crippen LogP) is 2.86. The lowest BCUT2D eigenvalue weighted by molar-refractivity contribution is -0.00216. The maximum atomic E-state index is 12.4. The monoisotopic (exact) mass is 308 g/mol. The smallest absolute Gasteiger partial charge is 0.273 e. The van der Waals surface area contributed by atoms with Gasteiger partial charge in [0.2, 0.25) is 0 Å². The molecule has 0 spiro atoms. The molecule has 1 amide bonds. The summed E-state index contributed by atoms with van der Waals surface area (Å²) in [6.07, 6.45) is 1.25. The molecule has 0 radical (unpaired) electrons. The molecule has 1 aliphatic rings. The number of hydrogen-bond acceptors (Lipinski definition) is 5. The zero-order valence-electron chi connectivity index (χ0n) is 11.2. The van der Waals surface area contributed by atoms with Gasteiger partial charge in [0.25, 0.3) is 5.91 Å². The van der Waals surface area contributed by atoms with E-state index >= 15 is 0 Å². The van der Waals surface area contributed by atoms with Crippen LogP contribution in [0.15, 0.2) is 22.2 Å². The van der Waals surface area contributed by atoms with Crippen LogP contribution in [-0.4, -0.2) is 39.6 Å². The molecule has 2 aromatic heterocycles. The third-order valence-electron chi connectivity index (χ3n) is 3.62. The average molecular weight is 308 g/mol. The van der Waals surface area contributed by atoms with E-state index in [2.05, 4.69) is 4.98 Å². The molecule has 3 heterocycles. The molecular weight excluding hydrogens is 292 g/mol. The normalized spacial score (nSPS) is 18.2. The number of nitrogens with zero attached hydrogens (tertiary/aromatic N) is 2. The molecule has 20 heavy (non-hydrogen) atoms. The second-order valence-electron chi connectivity index (χ2n) is 5.34. The Morgan fingerprint density at radius 3 is 2.80 bits per heavy atom. The van der Waals surface area contributed by atoms with Gasteiger partial charge < -0.3 is 10.0 Å². The van der Waals surface area contributed by atoms with Gasteiger partial charge in [-0.05, 0) is 31.2 Å². The van der Waals surface area contributed by atoms with Gasteiger partial charge in [0, 0.05) is 29.4 Å². The highest BCUT2D eigenvalue weighted by molar-refractivity contribution is 7.14. The number of likely N-dealkylation sites (tertiary alicyclic amines) is 1. The summed E-state index contributed by atoms with van der Waals surface area (Å²) in [5.41, 5.74) is 0.944. The first-order chi connectivity index (χ1) is 9.55. The Labute approximate surface area is 125 Å². The second-order valence-corrected chi connectivity index (χ2v) is 6.98. The Morgan fingerprint density at radius 1 is 1.40 bits per heavy atom. The molecule has 0 saturated carbocycles. The number of aliphatic hydroxyl groups is 1. The number of hydrogen-bond donors (Lipinski definition) is 1. The van der Waals surface area contributed by atoms with E-state index in [1.807, 2.05) is 29.1 Å². The maximum absolute atomic E-state index is 12.4. The highest BCUT2D eigenvalue weighted by atomic mass is 32.1. The van der Waals surface area contributed by atoms with Crippen molar-refractivity contribution in [2.24, 2.45) is 0 Å². The van der Waals surface area contributed by atoms with Crippen LogP contribution >= 0.6 is 22.7 Å². The van der Waals surface area contributed by atoms with Gasteiger partial charge in [-0.3, -0.25) is 4.79 Å². The van der Waals surface area contributed by atoms with Crippen molar-refractivity contribution in [3.63, 3.8) is 0 Å². The minimum Gasteiger partial charge on any atom is -0.390 e. The van der Waals surface area contributed by atoms with E-state index in [1.54, 1.807) is 16.2 Å². The summed E-state index contributed by atoms with van der Waals surface area (Å²) < 4.78 is 0. The maximum Gasteiger partial charge on any atom is 0.273 e. The first-order valence-electron chi connectivity index (χ1n) is 6.55. The fourth-order valence-corrected chi connectivity index (χ4v) is 3.75. The number of piperidine rings is 1. The standard InChI is InChI=1S/C14H16N2O2S2/c1-14(18)3-5-16(6-4-14)13(17)11-9-20-12(15-11)10-2-7-19-8-10/h2,7-9,18H,3-6H2,1H3. The average Bonchev–Trinajstić information content (AvgIpc) is 3.09. The topological polar surface area (TPSA) is 53.4 Å². The van der Waals surface area contributed by atoms with Crippen LogP contribution in [0.2, 0.25) is 0 Å². The van der Waals surface area contributed by atoms with Crippen LogP contribution in [0.5, 0.6) is 0 Å². The fraction of sp³-hybridized carbons (Fsp3) is 0.429. The number of thiazole rings is 1. The Morgan fingerprint density at radius 2 is 2.15 bits per heavy atom. The van der Waals surface area contributed by atoms with Gasteiger partial charge in [0.1, 0.15) is 10.7 Å². The van der Waals surface area contributed by atoms with Gasteiger partial charge in [0.05, 0.1) is 5.60 Å². The first-order valence-corrected chi connectivity index (χ1v) is 8.37. The Hall–Kier alpha value is -1.24. The Balaban J connectivity index is 1.72. The molecule has 4 nitrogen and oxygen atoms in total. The van der Waals surface area contributed by atoms with Crippen molar-refractivity contribution in [2.75, 3.05) is 13.1 Å². The van der Waals surface area contributed by atoms with Crippen LogP contribution in [0.1, 0.15) is 30.3 Å². The molecule has 1 saturated heterocycles. The van der Waals surface area contributed by atoms with Crippen LogP contribution in [0, 0.1) is 0 Å². The summed E-state index contributed by atoms with van der Waals surface area (Å²) in [5.74, 6) is -0.0294. The molecule has 0 aromatic carbocycles. The van der Waals surface area contributed by atoms with Gasteiger partial charge >= 0.3 is 0 Å². The van der Waals surface area contributed by atoms with Crippen molar-refractivity contribution in [1.29, 1.82) is 0 Å². The highest BCUT2D eigenvalue weighted by Gasteiger charge is 2.30. The fourth-order valence-electron chi connectivity index (χ4n) is 2.24. The van der Waals surface area contributed by atoms with Crippen LogP contribution in [0.4, 0.5) is 0 Å². The van der Waals surface area contributed by atoms with E-state index in [0.29, 0.717) is 31.6 Å². The summed E-state index contributed by atoms with van der Waals surface area (Å²) >= 11 is 3.12. The van der Waals surface area contributed by atoms with E-state index in [0.717, 1.165) is 10.6 Å². The minimum absolute atomic E-state index is 0.0294. The highest BCUT2D eigenvalue weighted by Crippen LogP contribution is 2.27. The lowest BCUT2D eigenvalue weighted by Gasteiger charge is -2.35. The molecule has 0 aliphatic carbocycles. The summed E-state index contributed by atoms with van der Waals surface area (Å²) in [7, 11) is 0. The molecule has 106 valence electrons. The molecule has 0 unspecified atom stereocenters. The van der Waals surface area contributed by atoms with Crippen LogP contribution in [-0.2, 0) is 0 Å². The minimum atomic E-state index is -0.638. The van der Waals surface area contributed by atoms with Crippen molar-refractivity contribution in [3.05, 3.63) is 27.9 Å². The van der Waals surface area contributed by atoms with Crippen molar-refractivity contribution < 1.29 is 9.90 Å². The molecule has 3 rings (SSSR count). The van der Waals surface area contributed by atoms with Gasteiger partial charge in [-0.25, -0.2) is 4.98 Å². The lowest BCUT2D eigenvalue weighted by Crippen LogP contribution is -2.45. The molecular formula is C14H16N2O2S2. The number of rotatable bonds is 2. The summed E-state index contributed by atoms with van der Waals surface area (Å²) in [6.45, 7) is 3.01. The Kier molecular flexibility index (Phi) is 3.62. The number of carbonyl (C=O) groups is 1. The molecule has 6 heteroatoms. The number of thiophene rings is 1. The van der Waals surface area contributed by atoms with E-state index < -0.39 is 5.60 Å². The predicted molar refractivity (Wildman–Crippen MR) is 81.2 cm³/mol. The largest absolute Gasteiger partial charge is 0.390 e. The summed E-state index contributed by atoms with van der Waals surface area (Å²) in [5, 5.41) is 16.7. The molecule has 2 aromatic rings. The van der Waals surface area contributed by atoms with E-state index in [9.17, 15) is 9.90 Å². The van der Waals surface area contributed by atoms with Gasteiger partial charge in [-0.15, -0.1) is 11.3 Å². The second kappa shape index (κ2) is 5.27. The van der Waals surface area contributed by atoms with Crippen LogP contribution in [0.25, 0.3) is 10.6 Å². The summed E-state index contributed by atoms with van der Waals surface area (Å²) in [4.78, 5) is 18.6. The van der Waals surface area contributed by atoms with Gasteiger partial charge in [-0.1, -0.05) is 0 Å². The van der Waals surface area contributed by atoms with Crippen molar-refractivity contribution in [1.82, 2.24) is 9.88 Å². The van der Waals surface area contributed by atoms with Crippen LogP contribution < -0.4 is 0 Å².